The summed E-state index contributed by atoms with van der Waals surface area (Å²) >= 11 is 0. The molecule has 0 N–H and O–H groups in total. The van der Waals surface area contributed by atoms with Crippen LogP contribution in [0.3, 0.4) is 0 Å². The van der Waals surface area contributed by atoms with E-state index in [1.807, 2.05) is 56.3 Å². The van der Waals surface area contributed by atoms with Gasteiger partial charge in [-0.25, -0.2) is 0 Å². The highest BCUT2D eigenvalue weighted by Crippen LogP contribution is 2.25. The maximum absolute atomic E-state index is 10.8. The summed E-state index contributed by atoms with van der Waals surface area (Å²) in [6, 6.07) is 26.3. The smallest absolute Gasteiger partial charge is 0.150 e. The van der Waals surface area contributed by atoms with Gasteiger partial charge in [0.2, 0.25) is 0 Å². The predicted octanol–water partition coefficient (Wildman–Crippen LogP) is 6.11. The molecule has 0 amide bonds. The summed E-state index contributed by atoms with van der Waals surface area (Å²) in [7, 11) is 0. The van der Waals surface area contributed by atoms with Gasteiger partial charge in [0, 0.05) is 6.99 Å². The van der Waals surface area contributed by atoms with E-state index >= 15 is 0 Å². The predicted molar refractivity (Wildman–Crippen MR) is 96.2 cm³/mol. The molecule has 1 nitrogen and oxygen atoms in total. The quantitative estimate of drug-likeness (QED) is 0.532. The average molecular weight is 290 g/mol. The molecule has 3 aromatic rings. The molecule has 0 aliphatic rings. The topological polar surface area (TPSA) is 17.1 Å². The van der Waals surface area contributed by atoms with Crippen molar-refractivity contribution >= 4 is 6.29 Å². The van der Waals surface area contributed by atoms with Crippen molar-refractivity contribution in [3.8, 4) is 22.3 Å². The molecule has 0 fully saturated rings. The van der Waals surface area contributed by atoms with Crippen LogP contribution in [0, 0.1) is 0 Å². The zero-order valence-corrected chi connectivity index (χ0v) is 13.0. The third kappa shape index (κ3) is 3.70. The van der Waals surface area contributed by atoms with Gasteiger partial charge in [0.25, 0.3) is 0 Å². The molecule has 0 aliphatic carbocycles. The van der Waals surface area contributed by atoms with Gasteiger partial charge in [-0.05, 0) is 28.3 Å². The molecule has 22 heavy (non-hydrogen) atoms. The molecule has 0 bridgehead atoms. The van der Waals surface area contributed by atoms with Crippen LogP contribution in [0.5, 0.6) is 0 Å². The highest BCUT2D eigenvalue weighted by Gasteiger charge is 2.00. The normalized spacial score (nSPS) is 9.55. The highest BCUT2D eigenvalue weighted by atomic mass is 16.1. The third-order valence-electron chi connectivity index (χ3n) is 3.35. The van der Waals surface area contributed by atoms with Crippen LogP contribution in [-0.4, -0.2) is 6.29 Å². The van der Waals surface area contributed by atoms with E-state index in [1.54, 1.807) is 0 Å². The largest absolute Gasteiger partial charge is 0.298 e. The van der Waals surface area contributed by atoms with Crippen molar-refractivity contribution in [1.29, 1.82) is 0 Å². The van der Waals surface area contributed by atoms with Crippen molar-refractivity contribution in [3.63, 3.8) is 0 Å². The SMILES string of the molecule is CC.O=Cc1cccc(-c2ccc(-c3ccccc3)cc2)c1.[HH]. The molecule has 0 unspecified atom stereocenters. The first-order valence-corrected chi connectivity index (χ1v) is 7.58. The number of carbonyl (C=O) groups is 1. The first-order valence-electron chi connectivity index (χ1n) is 7.58. The Morgan fingerprint density at radius 2 is 1.14 bits per heavy atom. The maximum atomic E-state index is 10.8. The standard InChI is InChI=1S/C19H14O.C2H6.H2/c20-14-15-5-4-8-19(13-15)18-11-9-17(10-12-18)16-6-2-1-3-7-16;1-2;/h1-14H;1-2H3;1H. The summed E-state index contributed by atoms with van der Waals surface area (Å²) in [6.45, 7) is 4.00. The van der Waals surface area contributed by atoms with Gasteiger partial charge < -0.3 is 0 Å². The van der Waals surface area contributed by atoms with Crippen LogP contribution in [0.15, 0.2) is 78.9 Å². The summed E-state index contributed by atoms with van der Waals surface area (Å²) in [6.07, 6.45) is 0.877. The van der Waals surface area contributed by atoms with E-state index in [1.165, 1.54) is 11.1 Å². The molecule has 112 valence electrons. The first-order chi connectivity index (χ1) is 10.9. The van der Waals surface area contributed by atoms with Crippen LogP contribution in [-0.2, 0) is 0 Å². The van der Waals surface area contributed by atoms with Crippen molar-refractivity contribution in [1.82, 2.24) is 0 Å². The Kier molecular flexibility index (Phi) is 5.67. The van der Waals surface area contributed by atoms with Crippen LogP contribution in [0.2, 0.25) is 0 Å². The molecule has 3 rings (SSSR count). The second-order valence-electron chi connectivity index (χ2n) is 4.69. The molecule has 0 aromatic heterocycles. The van der Waals surface area contributed by atoms with E-state index in [4.69, 9.17) is 0 Å². The summed E-state index contributed by atoms with van der Waals surface area (Å²) in [4.78, 5) is 10.8. The fourth-order valence-electron chi connectivity index (χ4n) is 2.28. The van der Waals surface area contributed by atoms with Crippen LogP contribution < -0.4 is 0 Å². The molecule has 0 saturated heterocycles. The molecule has 0 aliphatic heterocycles. The van der Waals surface area contributed by atoms with Gasteiger partial charge in [0.1, 0.15) is 6.29 Å². The number of hydrogen-bond acceptors (Lipinski definition) is 1. The van der Waals surface area contributed by atoms with Crippen LogP contribution in [0.1, 0.15) is 25.6 Å². The zero-order chi connectivity index (χ0) is 15.8. The lowest BCUT2D eigenvalue weighted by atomic mass is 9.99. The van der Waals surface area contributed by atoms with Gasteiger partial charge in [-0.3, -0.25) is 4.79 Å². The van der Waals surface area contributed by atoms with E-state index in [9.17, 15) is 4.79 Å². The lowest BCUT2D eigenvalue weighted by molar-refractivity contribution is 0.112. The van der Waals surface area contributed by atoms with E-state index in [0.29, 0.717) is 5.56 Å². The van der Waals surface area contributed by atoms with Gasteiger partial charge in [0.15, 0.2) is 0 Å². The van der Waals surface area contributed by atoms with E-state index in [-0.39, 0.29) is 1.43 Å². The average Bonchev–Trinajstić information content (AvgIpc) is 2.64. The van der Waals surface area contributed by atoms with Gasteiger partial charge >= 0.3 is 0 Å². The minimum absolute atomic E-state index is 0. The second-order valence-corrected chi connectivity index (χ2v) is 4.69. The summed E-state index contributed by atoms with van der Waals surface area (Å²) in [5.74, 6) is 0. The molecule has 0 spiro atoms. The molecule has 0 radical (unpaired) electrons. The van der Waals surface area contributed by atoms with Crippen molar-refractivity contribution in [3.05, 3.63) is 84.4 Å². The summed E-state index contributed by atoms with van der Waals surface area (Å²) in [5.41, 5.74) is 5.29. The highest BCUT2D eigenvalue weighted by molar-refractivity contribution is 5.79. The second kappa shape index (κ2) is 7.94. The number of benzene rings is 3. The minimum atomic E-state index is 0. The van der Waals surface area contributed by atoms with E-state index in [0.717, 1.165) is 17.4 Å². The third-order valence-corrected chi connectivity index (χ3v) is 3.35. The Bertz CT molecular complexity index is 718. The molecule has 1 heteroatoms. The van der Waals surface area contributed by atoms with Gasteiger partial charge in [0.05, 0.1) is 0 Å². The molecule has 0 heterocycles. The number of aldehydes is 1. The number of hydrogen-bond donors (Lipinski definition) is 0. The minimum Gasteiger partial charge on any atom is -0.298 e. The summed E-state index contributed by atoms with van der Waals surface area (Å²) in [5, 5.41) is 0. The summed E-state index contributed by atoms with van der Waals surface area (Å²) < 4.78 is 0. The molecular weight excluding hydrogens is 268 g/mol. The maximum Gasteiger partial charge on any atom is 0.150 e. The lowest BCUT2D eigenvalue weighted by Gasteiger charge is -2.05. The molecular formula is C21H22O. The fraction of sp³-hybridized carbons (Fsp3) is 0.0952. The number of rotatable bonds is 3. The van der Waals surface area contributed by atoms with E-state index < -0.39 is 0 Å². The van der Waals surface area contributed by atoms with Gasteiger partial charge in [-0.2, -0.15) is 0 Å². The van der Waals surface area contributed by atoms with Gasteiger partial charge in [-0.1, -0.05) is 86.6 Å². The Morgan fingerprint density at radius 3 is 1.73 bits per heavy atom. The monoisotopic (exact) mass is 290 g/mol. The van der Waals surface area contributed by atoms with Crippen molar-refractivity contribution in [2.45, 2.75) is 13.8 Å². The molecule has 3 aromatic carbocycles. The van der Waals surface area contributed by atoms with Crippen LogP contribution in [0.4, 0.5) is 0 Å². The Balaban J connectivity index is 0.000000849. The van der Waals surface area contributed by atoms with Crippen molar-refractivity contribution in [2.75, 3.05) is 0 Å². The Labute approximate surface area is 133 Å². The van der Waals surface area contributed by atoms with Gasteiger partial charge in [-0.15, -0.1) is 0 Å². The van der Waals surface area contributed by atoms with E-state index in [2.05, 4.69) is 36.4 Å². The van der Waals surface area contributed by atoms with Crippen LogP contribution in [0.25, 0.3) is 22.3 Å². The first kappa shape index (κ1) is 15.7. The number of carbonyl (C=O) groups excluding carboxylic acids is 1. The van der Waals surface area contributed by atoms with Crippen molar-refractivity contribution in [2.24, 2.45) is 0 Å². The Morgan fingerprint density at radius 1 is 0.636 bits per heavy atom. The van der Waals surface area contributed by atoms with Crippen molar-refractivity contribution < 1.29 is 6.22 Å². The lowest BCUT2D eigenvalue weighted by Crippen LogP contribution is -1.83. The molecule has 0 saturated carbocycles. The van der Waals surface area contributed by atoms with Crippen LogP contribution >= 0.6 is 0 Å². The Hall–Kier alpha value is -2.67. The fourth-order valence-corrected chi connectivity index (χ4v) is 2.28. The zero-order valence-electron chi connectivity index (χ0n) is 13.0. The molecule has 0 atom stereocenters.